The van der Waals surface area contributed by atoms with Crippen molar-refractivity contribution in [2.24, 2.45) is 10.4 Å². The number of nitrogens with one attached hydrogen (secondary N) is 2. The second kappa shape index (κ2) is 10.1. The number of aliphatic imine (C=N–C) groups is 1. The Morgan fingerprint density at radius 2 is 2.04 bits per heavy atom. The van der Waals surface area contributed by atoms with Gasteiger partial charge in [0.05, 0.1) is 10.7 Å². The third kappa shape index (κ3) is 6.26. The van der Waals surface area contributed by atoms with Crippen LogP contribution in [0.4, 0.5) is 0 Å². The number of aryl methyl sites for hydroxylation is 2. The Balaban J connectivity index is 1.88. The van der Waals surface area contributed by atoms with Crippen LogP contribution in [0, 0.1) is 19.3 Å². The summed E-state index contributed by atoms with van der Waals surface area (Å²) in [5, 5.41) is 8.04. The number of hydrogen-bond donors (Lipinski definition) is 2. The third-order valence-corrected chi connectivity index (χ3v) is 6.25. The first kappa shape index (κ1) is 20.2. The highest BCUT2D eigenvalue weighted by molar-refractivity contribution is 7.11. The largest absolute Gasteiger partial charge is 0.385 e. The summed E-state index contributed by atoms with van der Waals surface area (Å²) in [5.41, 5.74) is 1.49. The van der Waals surface area contributed by atoms with Crippen LogP contribution in [0.25, 0.3) is 0 Å². The Bertz CT molecular complexity index is 530. The number of nitrogens with zero attached hydrogens (tertiary/aromatic N) is 2. The predicted molar refractivity (Wildman–Crippen MR) is 107 cm³/mol. The molecule has 0 radical (unpaired) electrons. The molecule has 0 aromatic carbocycles. The molecule has 2 N–H and O–H groups in total. The average molecular weight is 367 g/mol. The summed E-state index contributed by atoms with van der Waals surface area (Å²) in [6.07, 6.45) is 7.26. The van der Waals surface area contributed by atoms with Crippen molar-refractivity contribution in [3.63, 3.8) is 0 Å². The number of thiazole rings is 1. The second-order valence-electron chi connectivity index (χ2n) is 7.07. The summed E-state index contributed by atoms with van der Waals surface area (Å²) in [6, 6.07) is 0. The molecular weight excluding hydrogens is 332 g/mol. The Hall–Kier alpha value is -1.14. The lowest BCUT2D eigenvalue weighted by molar-refractivity contribution is 0.141. The molecule has 0 saturated heterocycles. The molecule has 0 unspecified atom stereocenters. The standard InChI is InChI=1S/C19H34N4OS/c1-5-20-18(21-12-8-17-23-15(2)16(3)25-17)22-14-19(11-13-24-4)9-6-7-10-19/h5-14H2,1-4H3,(H2,20,21,22). The number of hydrogen-bond acceptors (Lipinski definition) is 4. The van der Waals surface area contributed by atoms with E-state index in [0.717, 1.165) is 50.7 Å². The van der Waals surface area contributed by atoms with Gasteiger partial charge in [-0.25, -0.2) is 4.98 Å². The van der Waals surface area contributed by atoms with Crippen molar-refractivity contribution >= 4 is 17.3 Å². The van der Waals surface area contributed by atoms with Crippen molar-refractivity contribution in [1.82, 2.24) is 15.6 Å². The van der Waals surface area contributed by atoms with Crippen LogP contribution in [0.3, 0.4) is 0 Å². The van der Waals surface area contributed by atoms with Gasteiger partial charge in [0, 0.05) is 44.6 Å². The molecule has 0 spiro atoms. The third-order valence-electron chi connectivity index (χ3n) is 5.12. The van der Waals surface area contributed by atoms with E-state index in [1.807, 2.05) is 0 Å². The van der Waals surface area contributed by atoms with Gasteiger partial charge < -0.3 is 15.4 Å². The number of ether oxygens (including phenoxy) is 1. The first-order chi connectivity index (χ1) is 12.1. The van der Waals surface area contributed by atoms with E-state index in [0.29, 0.717) is 5.41 Å². The summed E-state index contributed by atoms with van der Waals surface area (Å²) >= 11 is 1.80. The van der Waals surface area contributed by atoms with Gasteiger partial charge in [-0.1, -0.05) is 12.8 Å². The minimum atomic E-state index is 0.335. The average Bonchev–Trinajstić information content (AvgIpc) is 3.18. The minimum absolute atomic E-state index is 0.335. The monoisotopic (exact) mass is 366 g/mol. The van der Waals surface area contributed by atoms with E-state index in [4.69, 9.17) is 9.73 Å². The molecule has 6 heteroatoms. The van der Waals surface area contributed by atoms with E-state index in [9.17, 15) is 0 Å². The molecule has 1 aromatic rings. The zero-order valence-electron chi connectivity index (χ0n) is 16.3. The molecule has 1 aliphatic rings. The van der Waals surface area contributed by atoms with Crippen LogP contribution >= 0.6 is 11.3 Å². The van der Waals surface area contributed by atoms with Crippen molar-refractivity contribution in [2.75, 3.05) is 33.4 Å². The van der Waals surface area contributed by atoms with Crippen molar-refractivity contribution in [1.29, 1.82) is 0 Å². The van der Waals surface area contributed by atoms with Crippen molar-refractivity contribution < 1.29 is 4.74 Å². The van der Waals surface area contributed by atoms with Gasteiger partial charge in [0.1, 0.15) is 0 Å². The molecule has 1 fully saturated rings. The lowest BCUT2D eigenvalue weighted by Crippen LogP contribution is -2.39. The highest BCUT2D eigenvalue weighted by Crippen LogP contribution is 2.41. The summed E-state index contributed by atoms with van der Waals surface area (Å²) in [5.74, 6) is 0.927. The Kier molecular flexibility index (Phi) is 8.16. The molecule has 25 heavy (non-hydrogen) atoms. The Morgan fingerprint density at radius 3 is 2.64 bits per heavy atom. The maximum Gasteiger partial charge on any atom is 0.191 e. The fraction of sp³-hybridized carbons (Fsp3) is 0.789. The molecule has 1 saturated carbocycles. The fourth-order valence-electron chi connectivity index (χ4n) is 3.45. The van der Waals surface area contributed by atoms with Crippen LogP contribution in [-0.2, 0) is 11.2 Å². The van der Waals surface area contributed by atoms with Crippen LogP contribution < -0.4 is 10.6 Å². The minimum Gasteiger partial charge on any atom is -0.385 e. The normalized spacial score (nSPS) is 17.0. The van der Waals surface area contributed by atoms with Crippen molar-refractivity contribution in [2.45, 2.75) is 59.3 Å². The van der Waals surface area contributed by atoms with Crippen molar-refractivity contribution in [3.05, 3.63) is 15.6 Å². The highest BCUT2D eigenvalue weighted by atomic mass is 32.1. The van der Waals surface area contributed by atoms with Gasteiger partial charge >= 0.3 is 0 Å². The zero-order chi connectivity index (χ0) is 18.1. The van der Waals surface area contributed by atoms with Crippen molar-refractivity contribution in [3.8, 4) is 0 Å². The van der Waals surface area contributed by atoms with Gasteiger partial charge in [-0.2, -0.15) is 0 Å². The quantitative estimate of drug-likeness (QED) is 0.519. The lowest BCUT2D eigenvalue weighted by Gasteiger charge is -2.27. The molecule has 142 valence electrons. The van der Waals surface area contributed by atoms with E-state index >= 15 is 0 Å². The fourth-order valence-corrected chi connectivity index (χ4v) is 4.39. The predicted octanol–water partition coefficient (Wildman–Crippen LogP) is 3.45. The van der Waals surface area contributed by atoms with E-state index in [2.05, 4.69) is 36.4 Å². The molecule has 5 nitrogen and oxygen atoms in total. The Labute approximate surface area is 156 Å². The molecule has 0 aliphatic heterocycles. The summed E-state index contributed by atoms with van der Waals surface area (Å²) in [4.78, 5) is 10.8. The van der Waals surface area contributed by atoms with E-state index in [1.165, 1.54) is 35.6 Å². The molecule has 1 aromatic heterocycles. The first-order valence-corrected chi connectivity index (χ1v) is 10.3. The van der Waals surface area contributed by atoms with Gasteiger partial charge in [-0.3, -0.25) is 4.99 Å². The number of guanidine groups is 1. The molecule has 1 heterocycles. The number of aromatic nitrogens is 1. The molecular formula is C19H34N4OS. The van der Waals surface area contributed by atoms with E-state index in [1.54, 1.807) is 18.4 Å². The highest BCUT2D eigenvalue weighted by Gasteiger charge is 2.33. The van der Waals surface area contributed by atoms with E-state index in [-0.39, 0.29) is 0 Å². The number of methoxy groups -OCH3 is 1. The van der Waals surface area contributed by atoms with Gasteiger partial charge in [0.25, 0.3) is 0 Å². The van der Waals surface area contributed by atoms with E-state index < -0.39 is 0 Å². The lowest BCUT2D eigenvalue weighted by atomic mass is 9.83. The molecule has 0 bridgehead atoms. The molecule has 1 aliphatic carbocycles. The summed E-state index contributed by atoms with van der Waals surface area (Å²) < 4.78 is 5.32. The molecule has 2 rings (SSSR count). The van der Waals surface area contributed by atoms with Crippen LogP contribution in [0.15, 0.2) is 4.99 Å². The summed E-state index contributed by atoms with van der Waals surface area (Å²) in [7, 11) is 1.79. The van der Waals surface area contributed by atoms with Gasteiger partial charge in [0.15, 0.2) is 5.96 Å². The topological polar surface area (TPSA) is 58.5 Å². The second-order valence-corrected chi connectivity index (χ2v) is 8.36. The zero-order valence-corrected chi connectivity index (χ0v) is 17.1. The molecule has 0 amide bonds. The van der Waals surface area contributed by atoms with Crippen LogP contribution in [0.1, 0.15) is 54.6 Å². The van der Waals surface area contributed by atoms with Gasteiger partial charge in [-0.05, 0) is 45.4 Å². The SMILES string of the molecule is CCNC(=NCC1(CCOC)CCCC1)NCCc1nc(C)c(C)s1. The van der Waals surface area contributed by atoms with Crippen LogP contribution in [0.2, 0.25) is 0 Å². The van der Waals surface area contributed by atoms with Crippen LogP contribution in [-0.4, -0.2) is 44.3 Å². The number of rotatable bonds is 9. The van der Waals surface area contributed by atoms with Gasteiger partial charge in [0.2, 0.25) is 0 Å². The molecule has 0 atom stereocenters. The van der Waals surface area contributed by atoms with Crippen LogP contribution in [0.5, 0.6) is 0 Å². The Morgan fingerprint density at radius 1 is 1.28 bits per heavy atom. The van der Waals surface area contributed by atoms with Gasteiger partial charge in [-0.15, -0.1) is 11.3 Å². The summed E-state index contributed by atoms with van der Waals surface area (Å²) in [6.45, 7) is 9.80. The maximum atomic E-state index is 5.32. The smallest absolute Gasteiger partial charge is 0.191 e. The first-order valence-electron chi connectivity index (χ1n) is 9.52. The maximum absolute atomic E-state index is 5.32.